The van der Waals surface area contributed by atoms with E-state index >= 15 is 0 Å². The summed E-state index contributed by atoms with van der Waals surface area (Å²) in [6.45, 7) is 9.17. The van der Waals surface area contributed by atoms with Crippen LogP contribution in [-0.2, 0) is 17.7 Å². The van der Waals surface area contributed by atoms with Crippen molar-refractivity contribution < 1.29 is 4.74 Å². The lowest BCUT2D eigenvalue weighted by atomic mass is 10.2. The molecule has 1 fully saturated rings. The van der Waals surface area contributed by atoms with E-state index in [9.17, 15) is 0 Å². The molecule has 1 N–H and O–H groups in total. The van der Waals surface area contributed by atoms with Gasteiger partial charge in [-0.25, -0.2) is 4.98 Å². The highest BCUT2D eigenvalue weighted by Crippen LogP contribution is 2.28. The molecule has 0 aromatic carbocycles. The molecule has 0 amide bonds. The van der Waals surface area contributed by atoms with Crippen LogP contribution >= 0.6 is 11.3 Å². The molecule has 1 aromatic heterocycles. The molecule has 0 spiro atoms. The third-order valence-corrected chi connectivity index (χ3v) is 4.58. The Kier molecular flexibility index (Phi) is 5.76. The van der Waals surface area contributed by atoms with Crippen LogP contribution < -0.4 is 5.32 Å². The Hall–Kier alpha value is -0.490. The Morgan fingerprint density at radius 3 is 3.00 bits per heavy atom. The molecule has 1 aliphatic rings. The minimum Gasteiger partial charge on any atom is -0.368 e. The van der Waals surface area contributed by atoms with E-state index in [0.29, 0.717) is 0 Å². The summed E-state index contributed by atoms with van der Waals surface area (Å²) in [5.74, 6) is 0. The van der Waals surface area contributed by atoms with Crippen molar-refractivity contribution >= 4 is 11.3 Å². The van der Waals surface area contributed by atoms with Gasteiger partial charge < -0.3 is 15.0 Å². The van der Waals surface area contributed by atoms with E-state index in [4.69, 9.17) is 9.72 Å². The van der Waals surface area contributed by atoms with Crippen LogP contribution in [-0.4, -0.2) is 43.2 Å². The molecular formula is C14H25N3OS. The van der Waals surface area contributed by atoms with Crippen LogP contribution in [0.15, 0.2) is 0 Å². The molecule has 0 aliphatic carbocycles. The smallest absolute Gasteiger partial charge is 0.123 e. The lowest BCUT2D eigenvalue weighted by molar-refractivity contribution is -0.0210. The fourth-order valence-corrected chi connectivity index (χ4v) is 3.43. The number of aromatic nitrogens is 1. The van der Waals surface area contributed by atoms with Crippen molar-refractivity contribution in [3.63, 3.8) is 0 Å². The molecule has 2 heterocycles. The number of rotatable bonds is 6. The fourth-order valence-electron chi connectivity index (χ4n) is 2.26. The van der Waals surface area contributed by atoms with Crippen molar-refractivity contribution in [1.82, 2.24) is 15.2 Å². The average molecular weight is 283 g/mol. The predicted molar refractivity (Wildman–Crippen MR) is 79.7 cm³/mol. The molecule has 19 heavy (non-hydrogen) atoms. The third kappa shape index (κ3) is 3.99. The molecule has 1 saturated heterocycles. The van der Waals surface area contributed by atoms with Gasteiger partial charge in [0, 0.05) is 24.5 Å². The second-order valence-electron chi connectivity index (χ2n) is 5.07. The van der Waals surface area contributed by atoms with Crippen molar-refractivity contribution in [3.05, 3.63) is 15.6 Å². The highest BCUT2D eigenvalue weighted by molar-refractivity contribution is 7.11. The van der Waals surface area contributed by atoms with Gasteiger partial charge in [-0.05, 0) is 26.4 Å². The summed E-state index contributed by atoms with van der Waals surface area (Å²) in [5, 5.41) is 4.62. The largest absolute Gasteiger partial charge is 0.368 e. The number of nitrogens with one attached hydrogen (secondary N) is 1. The number of hydrogen-bond donors (Lipinski definition) is 1. The summed E-state index contributed by atoms with van der Waals surface area (Å²) in [6.07, 6.45) is 2.33. The normalized spacial score (nSPS) is 20.9. The van der Waals surface area contributed by atoms with Crippen molar-refractivity contribution in [1.29, 1.82) is 0 Å². The van der Waals surface area contributed by atoms with E-state index in [1.54, 1.807) is 0 Å². The molecule has 0 radical (unpaired) electrons. The van der Waals surface area contributed by atoms with E-state index in [-0.39, 0.29) is 6.10 Å². The maximum Gasteiger partial charge on any atom is 0.123 e. The van der Waals surface area contributed by atoms with Crippen molar-refractivity contribution in [3.8, 4) is 0 Å². The summed E-state index contributed by atoms with van der Waals surface area (Å²) in [5.41, 5.74) is 1.24. The fraction of sp³-hybridized carbons (Fsp3) is 0.786. The van der Waals surface area contributed by atoms with E-state index < -0.39 is 0 Å². The molecule has 1 aliphatic heterocycles. The van der Waals surface area contributed by atoms with E-state index in [0.717, 1.165) is 44.2 Å². The van der Waals surface area contributed by atoms with E-state index in [1.165, 1.54) is 17.0 Å². The van der Waals surface area contributed by atoms with Gasteiger partial charge >= 0.3 is 0 Å². The first-order chi connectivity index (χ1) is 9.24. The maximum atomic E-state index is 5.86. The van der Waals surface area contributed by atoms with Gasteiger partial charge in [0.15, 0.2) is 0 Å². The van der Waals surface area contributed by atoms with Gasteiger partial charge in [0.2, 0.25) is 0 Å². The maximum absolute atomic E-state index is 5.86. The Labute approximate surface area is 120 Å². The van der Waals surface area contributed by atoms with Crippen LogP contribution in [0.5, 0.6) is 0 Å². The molecule has 108 valence electrons. The van der Waals surface area contributed by atoms with Gasteiger partial charge in [0.25, 0.3) is 0 Å². The van der Waals surface area contributed by atoms with Gasteiger partial charge in [-0.15, -0.1) is 11.3 Å². The van der Waals surface area contributed by atoms with Crippen molar-refractivity contribution in [2.75, 3.05) is 33.3 Å². The van der Waals surface area contributed by atoms with E-state index in [2.05, 4.69) is 31.1 Å². The highest BCUT2D eigenvalue weighted by atomic mass is 32.1. The molecule has 1 atom stereocenters. The summed E-state index contributed by atoms with van der Waals surface area (Å²) >= 11 is 1.82. The Bertz CT molecular complexity index is 394. The molecular weight excluding hydrogens is 258 g/mol. The summed E-state index contributed by atoms with van der Waals surface area (Å²) in [7, 11) is 2.15. The number of aryl methyl sites for hydroxylation is 1. The van der Waals surface area contributed by atoms with Crippen molar-refractivity contribution in [2.45, 2.75) is 39.3 Å². The SMILES string of the molecule is CCCNCc1sc(C2CN(C)CCO2)nc1CC. The number of hydrogen-bond acceptors (Lipinski definition) is 5. The van der Waals surface area contributed by atoms with Crippen LogP contribution in [0.25, 0.3) is 0 Å². The summed E-state index contributed by atoms with van der Waals surface area (Å²) in [6, 6.07) is 0. The lowest BCUT2D eigenvalue weighted by Gasteiger charge is -2.28. The number of ether oxygens (including phenoxy) is 1. The first-order valence-corrected chi connectivity index (χ1v) is 8.05. The molecule has 4 nitrogen and oxygen atoms in total. The molecule has 0 saturated carbocycles. The van der Waals surface area contributed by atoms with Gasteiger partial charge in [0.05, 0.1) is 12.3 Å². The van der Waals surface area contributed by atoms with Crippen LogP contribution in [0.4, 0.5) is 0 Å². The van der Waals surface area contributed by atoms with Crippen LogP contribution in [0, 0.1) is 0 Å². The molecule has 5 heteroatoms. The Balaban J connectivity index is 2.04. The minimum atomic E-state index is 0.161. The van der Waals surface area contributed by atoms with Gasteiger partial charge in [-0.3, -0.25) is 0 Å². The van der Waals surface area contributed by atoms with Crippen LogP contribution in [0.1, 0.15) is 42.0 Å². The zero-order valence-corrected chi connectivity index (χ0v) is 13.1. The second kappa shape index (κ2) is 7.33. The zero-order chi connectivity index (χ0) is 13.7. The minimum absolute atomic E-state index is 0.161. The summed E-state index contributed by atoms with van der Waals surface area (Å²) < 4.78 is 5.86. The number of thiazole rings is 1. The third-order valence-electron chi connectivity index (χ3n) is 3.39. The van der Waals surface area contributed by atoms with Crippen LogP contribution in [0.2, 0.25) is 0 Å². The molecule has 1 unspecified atom stereocenters. The number of morpholine rings is 1. The van der Waals surface area contributed by atoms with Crippen LogP contribution in [0.3, 0.4) is 0 Å². The second-order valence-corrected chi connectivity index (χ2v) is 6.19. The first kappa shape index (κ1) is 14.9. The topological polar surface area (TPSA) is 37.4 Å². The monoisotopic (exact) mass is 283 g/mol. The van der Waals surface area contributed by atoms with Gasteiger partial charge in [-0.1, -0.05) is 13.8 Å². The van der Waals surface area contributed by atoms with E-state index in [1.807, 2.05) is 11.3 Å². The van der Waals surface area contributed by atoms with Crippen molar-refractivity contribution in [2.24, 2.45) is 0 Å². The highest BCUT2D eigenvalue weighted by Gasteiger charge is 2.23. The molecule has 2 rings (SSSR count). The summed E-state index contributed by atoms with van der Waals surface area (Å²) in [4.78, 5) is 8.49. The predicted octanol–water partition coefficient (Wildman–Crippen LogP) is 2.21. The van der Waals surface area contributed by atoms with Gasteiger partial charge in [0.1, 0.15) is 11.1 Å². The van der Waals surface area contributed by atoms with Gasteiger partial charge in [-0.2, -0.15) is 0 Å². The molecule has 0 bridgehead atoms. The zero-order valence-electron chi connectivity index (χ0n) is 12.2. The Morgan fingerprint density at radius 1 is 1.47 bits per heavy atom. The Morgan fingerprint density at radius 2 is 2.32 bits per heavy atom. The standard InChI is InChI=1S/C14H25N3OS/c1-4-6-15-9-13-11(5-2)16-14(19-13)12-10-17(3)7-8-18-12/h12,15H,4-10H2,1-3H3. The number of nitrogens with zero attached hydrogens (tertiary/aromatic N) is 2. The first-order valence-electron chi connectivity index (χ1n) is 7.23. The quantitative estimate of drug-likeness (QED) is 0.812. The molecule has 1 aromatic rings. The number of likely N-dealkylation sites (N-methyl/N-ethyl adjacent to an activating group) is 1. The lowest BCUT2D eigenvalue weighted by Crippen LogP contribution is -2.35. The average Bonchev–Trinajstić information content (AvgIpc) is 2.82.